The van der Waals surface area contributed by atoms with Gasteiger partial charge in [0, 0.05) is 0 Å². The fraction of sp³-hybridized carbons (Fsp3) is 1.00. The molecule has 0 N–H and O–H groups in total. The Morgan fingerprint density at radius 2 is 1.20 bits per heavy atom. The molecule has 0 nitrogen and oxygen atoms in total. The van der Waals surface area contributed by atoms with Gasteiger partial charge in [0.2, 0.25) is 0 Å². The van der Waals surface area contributed by atoms with E-state index in [0.29, 0.717) is 0 Å². The molecule has 2 atom stereocenters. The second-order valence-corrected chi connectivity index (χ2v) is 6.14. The lowest BCUT2D eigenvalue weighted by Gasteiger charge is -2.36. The summed E-state index contributed by atoms with van der Waals surface area (Å²) in [6.45, 7) is 0. The van der Waals surface area contributed by atoms with Crippen molar-refractivity contribution in [3.8, 4) is 0 Å². The lowest BCUT2D eigenvalue weighted by molar-refractivity contribution is 0.176. The van der Waals surface area contributed by atoms with Crippen molar-refractivity contribution in [1.29, 1.82) is 0 Å². The quantitative estimate of drug-likeness (QED) is 0.569. The maximum absolute atomic E-state index is 2.49. The highest BCUT2D eigenvalue weighted by Crippen LogP contribution is 2.41. The maximum Gasteiger partial charge on any atom is 0.105 e. The molecule has 2 saturated carbocycles. The second kappa shape index (κ2) is 5.96. The lowest BCUT2D eigenvalue weighted by atomic mass is 9.66. The van der Waals surface area contributed by atoms with Crippen molar-refractivity contribution in [1.82, 2.24) is 0 Å². The van der Waals surface area contributed by atoms with Gasteiger partial charge in [-0.1, -0.05) is 76.4 Å². The molecule has 15 heavy (non-hydrogen) atoms. The molecular weight excluding hydrogens is 179 g/mol. The van der Waals surface area contributed by atoms with Gasteiger partial charge in [0.05, 0.1) is 0 Å². The summed E-state index contributed by atoms with van der Waals surface area (Å²) in [7, 11) is 2.49. The SMILES string of the molecule is BC1CCCCCCCC(C2CCC2)C1. The monoisotopic (exact) mass is 206 g/mol. The van der Waals surface area contributed by atoms with Crippen LogP contribution in [0.4, 0.5) is 0 Å². The van der Waals surface area contributed by atoms with E-state index < -0.39 is 0 Å². The molecule has 0 aromatic carbocycles. The van der Waals surface area contributed by atoms with Crippen LogP contribution in [0.15, 0.2) is 0 Å². The number of hydrogen-bond acceptors (Lipinski definition) is 0. The molecule has 2 fully saturated rings. The molecule has 86 valence electrons. The van der Waals surface area contributed by atoms with Crippen LogP contribution >= 0.6 is 0 Å². The highest BCUT2D eigenvalue weighted by Gasteiger charge is 2.27. The zero-order valence-electron chi connectivity index (χ0n) is 10.5. The molecule has 0 amide bonds. The van der Waals surface area contributed by atoms with Crippen LogP contribution in [0.5, 0.6) is 0 Å². The minimum absolute atomic E-state index is 1.01. The first-order chi connectivity index (χ1) is 7.36. The first kappa shape index (κ1) is 11.5. The van der Waals surface area contributed by atoms with E-state index in [4.69, 9.17) is 0 Å². The van der Waals surface area contributed by atoms with Crippen molar-refractivity contribution in [2.45, 2.75) is 76.4 Å². The highest BCUT2D eigenvalue weighted by molar-refractivity contribution is 6.11. The fourth-order valence-corrected chi connectivity index (χ4v) is 3.52. The predicted molar refractivity (Wildman–Crippen MR) is 70.1 cm³/mol. The zero-order valence-corrected chi connectivity index (χ0v) is 10.5. The third-order valence-electron chi connectivity index (χ3n) is 4.79. The summed E-state index contributed by atoms with van der Waals surface area (Å²) in [6.07, 6.45) is 16.8. The summed E-state index contributed by atoms with van der Waals surface area (Å²) in [4.78, 5) is 0. The standard InChI is InChI=1S/C14H27B/c15-14-10-5-3-1-2-4-7-13(11-14)12-8-6-9-12/h12-14H,1-11,15H2. The lowest BCUT2D eigenvalue weighted by Crippen LogP contribution is -2.23. The predicted octanol–water partition coefficient (Wildman–Crippen LogP) is 3.96. The van der Waals surface area contributed by atoms with Crippen molar-refractivity contribution < 1.29 is 0 Å². The molecule has 0 radical (unpaired) electrons. The summed E-state index contributed by atoms with van der Waals surface area (Å²) in [6, 6.07) is 0. The first-order valence-corrected chi connectivity index (χ1v) is 7.36. The smallest absolute Gasteiger partial charge is 0.0694 e. The van der Waals surface area contributed by atoms with E-state index in [0.717, 1.165) is 17.7 Å². The Bertz CT molecular complexity index is 174. The van der Waals surface area contributed by atoms with Gasteiger partial charge >= 0.3 is 0 Å². The highest BCUT2D eigenvalue weighted by atomic mass is 14.3. The first-order valence-electron chi connectivity index (χ1n) is 7.36. The van der Waals surface area contributed by atoms with Crippen LogP contribution in [-0.4, -0.2) is 7.85 Å². The molecule has 0 aromatic rings. The molecule has 0 aliphatic heterocycles. The van der Waals surface area contributed by atoms with Crippen molar-refractivity contribution in [2.24, 2.45) is 11.8 Å². The Balaban J connectivity index is 1.82. The second-order valence-electron chi connectivity index (χ2n) is 6.14. The van der Waals surface area contributed by atoms with Gasteiger partial charge in [0.15, 0.2) is 0 Å². The van der Waals surface area contributed by atoms with Crippen molar-refractivity contribution in [2.75, 3.05) is 0 Å². The van der Waals surface area contributed by atoms with Crippen LogP contribution in [0.1, 0.15) is 70.6 Å². The third kappa shape index (κ3) is 3.54. The Morgan fingerprint density at radius 1 is 0.600 bits per heavy atom. The zero-order chi connectivity index (χ0) is 10.5. The molecule has 2 unspecified atom stereocenters. The molecule has 1 heteroatoms. The summed E-state index contributed by atoms with van der Waals surface area (Å²) >= 11 is 0. The average molecular weight is 206 g/mol. The maximum atomic E-state index is 2.49. The van der Waals surface area contributed by atoms with Gasteiger partial charge in [-0.2, -0.15) is 0 Å². The Hall–Kier alpha value is 0.0649. The summed E-state index contributed by atoms with van der Waals surface area (Å²) < 4.78 is 0. The topological polar surface area (TPSA) is 0 Å². The van der Waals surface area contributed by atoms with Gasteiger partial charge in [0.25, 0.3) is 0 Å². The van der Waals surface area contributed by atoms with Crippen LogP contribution in [0.3, 0.4) is 0 Å². The molecule has 0 heterocycles. The molecule has 2 aliphatic rings. The summed E-state index contributed by atoms with van der Waals surface area (Å²) in [5.74, 6) is 3.24. The van der Waals surface area contributed by atoms with Crippen molar-refractivity contribution in [3.63, 3.8) is 0 Å². The summed E-state index contributed by atoms with van der Waals surface area (Å²) in [5, 5.41) is 0. The van der Waals surface area contributed by atoms with Gasteiger partial charge in [-0.3, -0.25) is 0 Å². The Kier molecular flexibility index (Phi) is 4.59. The van der Waals surface area contributed by atoms with Crippen molar-refractivity contribution >= 4 is 7.85 Å². The van der Waals surface area contributed by atoms with E-state index in [1.807, 2.05) is 0 Å². The fourth-order valence-electron chi connectivity index (χ4n) is 3.52. The van der Waals surface area contributed by atoms with E-state index in [-0.39, 0.29) is 0 Å². The van der Waals surface area contributed by atoms with Gasteiger partial charge in [-0.15, -0.1) is 0 Å². The molecule has 0 bridgehead atoms. The van der Waals surface area contributed by atoms with Crippen LogP contribution in [-0.2, 0) is 0 Å². The van der Waals surface area contributed by atoms with Crippen LogP contribution in [0, 0.1) is 11.8 Å². The number of rotatable bonds is 1. The molecular formula is C14H27B. The van der Waals surface area contributed by atoms with E-state index in [1.165, 1.54) is 44.9 Å². The normalized spacial score (nSPS) is 35.7. The van der Waals surface area contributed by atoms with E-state index in [1.54, 1.807) is 25.7 Å². The van der Waals surface area contributed by atoms with E-state index in [2.05, 4.69) is 7.85 Å². The van der Waals surface area contributed by atoms with E-state index >= 15 is 0 Å². The summed E-state index contributed by atoms with van der Waals surface area (Å²) in [5.41, 5.74) is 0. The molecule has 2 rings (SSSR count). The minimum atomic E-state index is 1.01. The number of hydrogen-bond donors (Lipinski definition) is 0. The van der Waals surface area contributed by atoms with Gasteiger partial charge in [-0.25, -0.2) is 0 Å². The molecule has 2 aliphatic carbocycles. The van der Waals surface area contributed by atoms with E-state index in [9.17, 15) is 0 Å². The van der Waals surface area contributed by atoms with Crippen LogP contribution in [0.2, 0.25) is 5.82 Å². The Labute approximate surface area is 96.6 Å². The van der Waals surface area contributed by atoms with Crippen LogP contribution in [0.25, 0.3) is 0 Å². The largest absolute Gasteiger partial charge is 0.105 e. The Morgan fingerprint density at radius 3 is 1.87 bits per heavy atom. The van der Waals surface area contributed by atoms with Gasteiger partial charge < -0.3 is 0 Å². The van der Waals surface area contributed by atoms with Crippen LogP contribution < -0.4 is 0 Å². The average Bonchev–Trinajstić information content (AvgIpc) is 2.13. The minimum Gasteiger partial charge on any atom is -0.0694 e. The molecule has 0 saturated heterocycles. The third-order valence-corrected chi connectivity index (χ3v) is 4.79. The van der Waals surface area contributed by atoms with Crippen molar-refractivity contribution in [3.05, 3.63) is 0 Å². The van der Waals surface area contributed by atoms with Gasteiger partial charge in [0.1, 0.15) is 7.85 Å². The molecule has 0 spiro atoms. The van der Waals surface area contributed by atoms with Gasteiger partial charge in [-0.05, 0) is 11.8 Å². The molecule has 0 aromatic heterocycles.